The molecule has 0 spiro atoms. The van der Waals surface area contributed by atoms with Gasteiger partial charge in [-0.1, -0.05) is 35.0 Å². The van der Waals surface area contributed by atoms with Crippen LogP contribution in [0.3, 0.4) is 0 Å². The van der Waals surface area contributed by atoms with Gasteiger partial charge in [-0.25, -0.2) is 0 Å². The zero-order chi connectivity index (χ0) is 15.1. The van der Waals surface area contributed by atoms with Crippen molar-refractivity contribution in [3.8, 4) is 17.2 Å². The molecule has 21 heavy (non-hydrogen) atoms. The Morgan fingerprint density at radius 3 is 2.62 bits per heavy atom. The molecule has 2 aromatic carbocycles. The third-order valence-corrected chi connectivity index (χ3v) is 3.43. The summed E-state index contributed by atoms with van der Waals surface area (Å²) < 4.78 is 12.5. The van der Waals surface area contributed by atoms with Crippen LogP contribution in [0, 0.1) is 0 Å². The molecule has 0 saturated carbocycles. The van der Waals surface area contributed by atoms with E-state index in [1.165, 1.54) is 0 Å². The summed E-state index contributed by atoms with van der Waals surface area (Å²) >= 11 is 3.49. The van der Waals surface area contributed by atoms with E-state index in [-0.39, 0.29) is 0 Å². The number of hydrogen-bond donors (Lipinski definition) is 1. The molecule has 1 N–H and O–H groups in total. The Kier molecular flexibility index (Phi) is 6.08. The number of halogens is 1. The lowest BCUT2D eigenvalue weighted by Gasteiger charge is -2.13. The maximum Gasteiger partial charge on any atom is 0.133 e. The van der Waals surface area contributed by atoms with Crippen molar-refractivity contribution in [1.82, 2.24) is 5.32 Å². The minimum absolute atomic E-state index is 0.645. The summed E-state index contributed by atoms with van der Waals surface area (Å²) in [5.41, 5.74) is 1.13. The van der Waals surface area contributed by atoms with Crippen molar-refractivity contribution in [3.05, 3.63) is 52.5 Å². The molecule has 0 atom stereocenters. The summed E-state index contributed by atoms with van der Waals surface area (Å²) in [5.74, 6) is 2.44. The fourth-order valence-electron chi connectivity index (χ4n) is 1.95. The van der Waals surface area contributed by atoms with Gasteiger partial charge in [0, 0.05) is 22.6 Å². The zero-order valence-corrected chi connectivity index (χ0v) is 13.9. The predicted octanol–water partition coefficient (Wildman–Crippen LogP) is 4.75. The van der Waals surface area contributed by atoms with E-state index in [1.807, 2.05) is 43.3 Å². The van der Waals surface area contributed by atoms with Crippen LogP contribution >= 0.6 is 15.9 Å². The second kappa shape index (κ2) is 8.05. The second-order valence-corrected chi connectivity index (χ2v) is 5.46. The van der Waals surface area contributed by atoms with Gasteiger partial charge in [0.25, 0.3) is 0 Å². The van der Waals surface area contributed by atoms with E-state index >= 15 is 0 Å². The number of benzene rings is 2. The third-order valence-electron chi connectivity index (χ3n) is 2.94. The Morgan fingerprint density at radius 2 is 1.86 bits per heavy atom. The van der Waals surface area contributed by atoms with Gasteiger partial charge in [0.15, 0.2) is 0 Å². The van der Waals surface area contributed by atoms with E-state index in [0.29, 0.717) is 6.61 Å². The molecule has 0 aliphatic heterocycles. The van der Waals surface area contributed by atoms with E-state index in [9.17, 15) is 0 Å². The second-order valence-electron chi connectivity index (χ2n) is 4.54. The summed E-state index contributed by atoms with van der Waals surface area (Å²) in [5, 5.41) is 3.32. The van der Waals surface area contributed by atoms with Gasteiger partial charge in [-0.15, -0.1) is 0 Å². The number of ether oxygens (including phenoxy) is 2. The van der Waals surface area contributed by atoms with Crippen molar-refractivity contribution in [3.63, 3.8) is 0 Å². The molecule has 0 aliphatic carbocycles. The maximum absolute atomic E-state index is 6.02. The van der Waals surface area contributed by atoms with Crippen molar-refractivity contribution in [2.75, 3.05) is 13.2 Å². The molecule has 112 valence electrons. The molecule has 0 fully saturated rings. The fourth-order valence-corrected chi connectivity index (χ4v) is 2.29. The lowest BCUT2D eigenvalue weighted by molar-refractivity contribution is 0.338. The Morgan fingerprint density at radius 1 is 1.05 bits per heavy atom. The van der Waals surface area contributed by atoms with Gasteiger partial charge in [0.2, 0.25) is 0 Å². The Labute approximate surface area is 134 Å². The molecule has 3 nitrogen and oxygen atoms in total. The molecule has 0 bridgehead atoms. The average Bonchev–Trinajstić information content (AvgIpc) is 2.47. The lowest BCUT2D eigenvalue weighted by Crippen LogP contribution is -2.12. The number of nitrogens with one attached hydrogen (secondary N) is 1. The van der Waals surface area contributed by atoms with Crippen molar-refractivity contribution in [2.45, 2.75) is 20.4 Å². The average molecular weight is 350 g/mol. The van der Waals surface area contributed by atoms with Gasteiger partial charge in [0.05, 0.1) is 6.61 Å². The molecule has 4 heteroatoms. The Bertz CT molecular complexity index is 587. The molecular weight excluding hydrogens is 330 g/mol. The van der Waals surface area contributed by atoms with Gasteiger partial charge in [-0.3, -0.25) is 0 Å². The van der Waals surface area contributed by atoms with Gasteiger partial charge < -0.3 is 14.8 Å². The van der Waals surface area contributed by atoms with Gasteiger partial charge in [-0.05, 0) is 37.7 Å². The first kappa shape index (κ1) is 15.9. The van der Waals surface area contributed by atoms with E-state index in [4.69, 9.17) is 9.47 Å². The van der Waals surface area contributed by atoms with Crippen LogP contribution in [-0.4, -0.2) is 13.2 Å². The highest BCUT2D eigenvalue weighted by molar-refractivity contribution is 9.10. The van der Waals surface area contributed by atoms with E-state index < -0.39 is 0 Å². The van der Waals surface area contributed by atoms with Gasteiger partial charge >= 0.3 is 0 Å². The molecule has 0 aliphatic rings. The highest BCUT2D eigenvalue weighted by atomic mass is 79.9. The van der Waals surface area contributed by atoms with Crippen LogP contribution in [0.2, 0.25) is 0 Å². The third kappa shape index (κ3) is 4.76. The highest BCUT2D eigenvalue weighted by Gasteiger charge is 2.06. The smallest absolute Gasteiger partial charge is 0.133 e. The van der Waals surface area contributed by atoms with E-state index in [2.05, 4.69) is 34.2 Å². The monoisotopic (exact) mass is 349 g/mol. The summed E-state index contributed by atoms with van der Waals surface area (Å²) in [6.07, 6.45) is 0. The zero-order valence-electron chi connectivity index (χ0n) is 12.4. The number of rotatable bonds is 7. The molecule has 2 aromatic rings. The predicted molar refractivity (Wildman–Crippen MR) is 89.2 cm³/mol. The van der Waals surface area contributed by atoms with Crippen LogP contribution in [0.5, 0.6) is 17.2 Å². The SMILES string of the molecule is CCNCc1ccc(Br)cc1Oc1cccc(OCC)c1. The lowest BCUT2D eigenvalue weighted by atomic mass is 10.2. The minimum atomic E-state index is 0.645. The van der Waals surface area contributed by atoms with E-state index in [1.54, 1.807) is 0 Å². The van der Waals surface area contributed by atoms with Crippen LogP contribution in [0.25, 0.3) is 0 Å². The number of hydrogen-bond acceptors (Lipinski definition) is 3. The minimum Gasteiger partial charge on any atom is -0.494 e. The maximum atomic E-state index is 6.02. The topological polar surface area (TPSA) is 30.5 Å². The highest BCUT2D eigenvalue weighted by Crippen LogP contribution is 2.30. The van der Waals surface area contributed by atoms with Gasteiger partial charge in [-0.2, -0.15) is 0 Å². The molecule has 0 unspecified atom stereocenters. The van der Waals surface area contributed by atoms with Crippen molar-refractivity contribution >= 4 is 15.9 Å². The van der Waals surface area contributed by atoms with Crippen molar-refractivity contribution in [1.29, 1.82) is 0 Å². The molecular formula is C17H20BrNO2. The van der Waals surface area contributed by atoms with Crippen LogP contribution in [-0.2, 0) is 6.54 Å². The fraction of sp³-hybridized carbons (Fsp3) is 0.294. The molecule has 2 rings (SSSR count). The first-order valence-corrected chi connectivity index (χ1v) is 7.92. The Hall–Kier alpha value is -1.52. The van der Waals surface area contributed by atoms with Crippen molar-refractivity contribution < 1.29 is 9.47 Å². The summed E-state index contributed by atoms with van der Waals surface area (Å²) in [7, 11) is 0. The van der Waals surface area contributed by atoms with Gasteiger partial charge in [0.1, 0.15) is 17.2 Å². The Balaban J connectivity index is 2.21. The summed E-state index contributed by atoms with van der Waals surface area (Å²) in [4.78, 5) is 0. The standard InChI is InChI=1S/C17H20BrNO2/c1-3-19-12-13-8-9-14(18)10-17(13)21-16-7-5-6-15(11-16)20-4-2/h5-11,19H,3-4,12H2,1-2H3. The molecule has 0 aromatic heterocycles. The summed E-state index contributed by atoms with van der Waals surface area (Å²) in [6.45, 7) is 6.41. The van der Waals surface area contributed by atoms with Crippen molar-refractivity contribution in [2.24, 2.45) is 0 Å². The van der Waals surface area contributed by atoms with Crippen LogP contribution in [0.1, 0.15) is 19.4 Å². The molecule has 0 radical (unpaired) electrons. The van der Waals surface area contributed by atoms with Crippen LogP contribution < -0.4 is 14.8 Å². The van der Waals surface area contributed by atoms with Crippen LogP contribution in [0.15, 0.2) is 46.9 Å². The molecule has 0 saturated heterocycles. The largest absolute Gasteiger partial charge is 0.494 e. The van der Waals surface area contributed by atoms with Crippen LogP contribution in [0.4, 0.5) is 0 Å². The molecule has 0 heterocycles. The quantitative estimate of drug-likeness (QED) is 0.782. The first-order chi connectivity index (χ1) is 10.2. The first-order valence-electron chi connectivity index (χ1n) is 7.12. The molecule has 0 amide bonds. The normalized spacial score (nSPS) is 10.4. The van der Waals surface area contributed by atoms with E-state index in [0.717, 1.165) is 40.4 Å². The summed E-state index contributed by atoms with van der Waals surface area (Å²) in [6, 6.07) is 13.8.